The van der Waals surface area contributed by atoms with Gasteiger partial charge in [0.25, 0.3) is 0 Å². The molecule has 78 valence electrons. The number of aliphatic hydroxyl groups is 1. The summed E-state index contributed by atoms with van der Waals surface area (Å²) in [6.45, 7) is 0.339. The van der Waals surface area contributed by atoms with Crippen LogP contribution < -0.4 is 4.74 Å². The number of hydrogen-bond donors (Lipinski definition) is 1. The Bertz CT molecular complexity index is 261. The van der Waals surface area contributed by atoms with E-state index in [1.807, 2.05) is 6.07 Å². The first-order chi connectivity index (χ1) is 6.76. The molecule has 0 aromatic carbocycles. The third-order valence-corrected chi connectivity index (χ3v) is 1.84. The minimum absolute atomic E-state index is 0.339. The Balaban J connectivity index is 2.50. The number of pyridine rings is 1. The van der Waals surface area contributed by atoms with E-state index in [2.05, 4.69) is 4.98 Å². The minimum Gasteiger partial charge on any atom is -0.481 e. The summed E-state index contributed by atoms with van der Waals surface area (Å²) < 4.78 is 9.75. The Hall–Kier alpha value is -1.13. The topological polar surface area (TPSA) is 51.6 Å². The Morgan fingerprint density at radius 2 is 2.21 bits per heavy atom. The van der Waals surface area contributed by atoms with Crippen LogP contribution in [0.1, 0.15) is 5.56 Å². The lowest BCUT2D eigenvalue weighted by molar-refractivity contribution is 0.0650. The molecule has 0 saturated heterocycles. The Morgan fingerprint density at radius 1 is 1.43 bits per heavy atom. The summed E-state index contributed by atoms with van der Waals surface area (Å²) in [5.74, 6) is 0.579. The van der Waals surface area contributed by atoms with Crippen molar-refractivity contribution in [2.75, 3.05) is 20.8 Å². The molecule has 14 heavy (non-hydrogen) atoms. The summed E-state index contributed by atoms with van der Waals surface area (Å²) in [6, 6.07) is 3.65. The molecule has 0 aliphatic rings. The summed E-state index contributed by atoms with van der Waals surface area (Å²) in [5.41, 5.74) is 0.968. The van der Waals surface area contributed by atoms with Crippen molar-refractivity contribution in [3.05, 3.63) is 23.9 Å². The molecule has 1 aromatic rings. The number of methoxy groups -OCH3 is 2. The molecule has 1 atom stereocenters. The average Bonchev–Trinajstić information content (AvgIpc) is 2.19. The number of aromatic nitrogens is 1. The van der Waals surface area contributed by atoms with Gasteiger partial charge < -0.3 is 14.6 Å². The molecule has 1 N–H and O–H groups in total. The van der Waals surface area contributed by atoms with E-state index in [-0.39, 0.29) is 0 Å². The lowest BCUT2D eigenvalue weighted by Crippen LogP contribution is -2.16. The molecule has 0 amide bonds. The van der Waals surface area contributed by atoms with Gasteiger partial charge in [-0.25, -0.2) is 4.98 Å². The molecule has 0 aliphatic carbocycles. The SMILES string of the molecule is COCC(O)Cc1ccc(OC)nc1. The zero-order valence-corrected chi connectivity index (χ0v) is 8.43. The van der Waals surface area contributed by atoms with E-state index in [1.54, 1.807) is 26.5 Å². The van der Waals surface area contributed by atoms with Crippen molar-refractivity contribution in [2.45, 2.75) is 12.5 Å². The number of ether oxygens (including phenoxy) is 2. The van der Waals surface area contributed by atoms with E-state index in [1.165, 1.54) is 0 Å². The van der Waals surface area contributed by atoms with Crippen molar-refractivity contribution in [1.29, 1.82) is 0 Å². The van der Waals surface area contributed by atoms with Crippen LogP contribution in [-0.2, 0) is 11.2 Å². The number of aliphatic hydroxyl groups excluding tert-OH is 1. The highest BCUT2D eigenvalue weighted by molar-refractivity contribution is 5.18. The Kier molecular flexibility index (Phi) is 4.35. The molecule has 0 aliphatic heterocycles. The first-order valence-corrected chi connectivity index (χ1v) is 4.42. The fraction of sp³-hybridized carbons (Fsp3) is 0.500. The highest BCUT2D eigenvalue weighted by Gasteiger charge is 2.05. The van der Waals surface area contributed by atoms with Crippen molar-refractivity contribution in [3.63, 3.8) is 0 Å². The molecule has 1 aromatic heterocycles. The standard InChI is InChI=1S/C10H15NO3/c1-13-7-9(12)5-8-3-4-10(14-2)11-6-8/h3-4,6,9,12H,5,7H2,1-2H3. The van der Waals surface area contributed by atoms with Gasteiger partial charge in [-0.15, -0.1) is 0 Å². The van der Waals surface area contributed by atoms with Crippen molar-refractivity contribution in [3.8, 4) is 5.88 Å². The van der Waals surface area contributed by atoms with E-state index in [0.717, 1.165) is 5.56 Å². The van der Waals surface area contributed by atoms with Gasteiger partial charge >= 0.3 is 0 Å². The van der Waals surface area contributed by atoms with Crippen LogP contribution in [0.2, 0.25) is 0 Å². The second-order valence-corrected chi connectivity index (χ2v) is 3.02. The predicted octanol–water partition coefficient (Wildman–Crippen LogP) is 0.640. The molecule has 0 radical (unpaired) electrons. The zero-order chi connectivity index (χ0) is 10.4. The normalized spacial score (nSPS) is 12.5. The van der Waals surface area contributed by atoms with Gasteiger partial charge in [-0.2, -0.15) is 0 Å². The van der Waals surface area contributed by atoms with Gasteiger partial charge in [0, 0.05) is 25.8 Å². The maximum Gasteiger partial charge on any atom is 0.212 e. The van der Waals surface area contributed by atoms with Gasteiger partial charge in [-0.1, -0.05) is 6.07 Å². The van der Waals surface area contributed by atoms with Gasteiger partial charge in [0.1, 0.15) is 0 Å². The summed E-state index contributed by atoms with van der Waals surface area (Å²) in [5, 5.41) is 9.45. The van der Waals surface area contributed by atoms with Crippen LogP contribution in [-0.4, -0.2) is 37.0 Å². The van der Waals surface area contributed by atoms with E-state index in [0.29, 0.717) is 18.9 Å². The summed E-state index contributed by atoms with van der Waals surface area (Å²) in [6.07, 6.45) is 1.76. The molecule has 4 heteroatoms. The predicted molar refractivity (Wildman–Crippen MR) is 52.4 cm³/mol. The second kappa shape index (κ2) is 5.57. The van der Waals surface area contributed by atoms with Gasteiger partial charge in [0.2, 0.25) is 5.88 Å². The van der Waals surface area contributed by atoms with E-state index in [4.69, 9.17) is 9.47 Å². The van der Waals surface area contributed by atoms with Gasteiger partial charge in [-0.3, -0.25) is 0 Å². The molecule has 0 saturated carbocycles. The lowest BCUT2D eigenvalue weighted by atomic mass is 10.1. The Morgan fingerprint density at radius 3 is 2.71 bits per heavy atom. The van der Waals surface area contributed by atoms with Crippen LogP contribution in [0, 0.1) is 0 Å². The van der Waals surface area contributed by atoms with Gasteiger partial charge in [0.15, 0.2) is 0 Å². The molecule has 1 rings (SSSR count). The Labute approximate surface area is 83.5 Å². The monoisotopic (exact) mass is 197 g/mol. The molecule has 0 bridgehead atoms. The lowest BCUT2D eigenvalue weighted by Gasteiger charge is -2.08. The number of rotatable bonds is 5. The molecule has 0 spiro atoms. The highest BCUT2D eigenvalue weighted by atomic mass is 16.5. The molecule has 4 nitrogen and oxygen atoms in total. The largest absolute Gasteiger partial charge is 0.481 e. The van der Waals surface area contributed by atoms with Crippen molar-refractivity contribution < 1.29 is 14.6 Å². The van der Waals surface area contributed by atoms with Crippen molar-refractivity contribution in [1.82, 2.24) is 4.98 Å². The maximum absolute atomic E-state index is 9.45. The number of nitrogens with zero attached hydrogens (tertiary/aromatic N) is 1. The van der Waals surface area contributed by atoms with E-state index in [9.17, 15) is 5.11 Å². The van der Waals surface area contributed by atoms with Crippen LogP contribution in [0.25, 0.3) is 0 Å². The van der Waals surface area contributed by atoms with Crippen LogP contribution >= 0.6 is 0 Å². The number of hydrogen-bond acceptors (Lipinski definition) is 4. The summed E-state index contributed by atoms with van der Waals surface area (Å²) in [7, 11) is 3.14. The van der Waals surface area contributed by atoms with Crippen LogP contribution in [0.4, 0.5) is 0 Å². The fourth-order valence-corrected chi connectivity index (χ4v) is 1.18. The minimum atomic E-state index is -0.477. The zero-order valence-electron chi connectivity index (χ0n) is 8.43. The fourth-order valence-electron chi connectivity index (χ4n) is 1.18. The third kappa shape index (κ3) is 3.32. The quantitative estimate of drug-likeness (QED) is 0.752. The first kappa shape index (κ1) is 10.9. The molecule has 0 fully saturated rings. The molecule has 1 unspecified atom stereocenters. The highest BCUT2D eigenvalue weighted by Crippen LogP contribution is 2.08. The van der Waals surface area contributed by atoms with Gasteiger partial charge in [-0.05, 0) is 5.56 Å². The summed E-state index contributed by atoms with van der Waals surface area (Å²) >= 11 is 0. The van der Waals surface area contributed by atoms with E-state index < -0.39 is 6.10 Å². The molecular formula is C10H15NO3. The molecular weight excluding hydrogens is 182 g/mol. The smallest absolute Gasteiger partial charge is 0.212 e. The van der Waals surface area contributed by atoms with Crippen LogP contribution in [0.5, 0.6) is 5.88 Å². The van der Waals surface area contributed by atoms with Crippen molar-refractivity contribution >= 4 is 0 Å². The maximum atomic E-state index is 9.45. The average molecular weight is 197 g/mol. The summed E-state index contributed by atoms with van der Waals surface area (Å²) in [4.78, 5) is 4.04. The third-order valence-electron chi connectivity index (χ3n) is 1.84. The van der Waals surface area contributed by atoms with Gasteiger partial charge in [0.05, 0.1) is 19.8 Å². The van der Waals surface area contributed by atoms with Crippen molar-refractivity contribution in [2.24, 2.45) is 0 Å². The van der Waals surface area contributed by atoms with E-state index >= 15 is 0 Å². The van der Waals surface area contributed by atoms with Crippen LogP contribution in [0.3, 0.4) is 0 Å². The second-order valence-electron chi connectivity index (χ2n) is 3.02. The first-order valence-electron chi connectivity index (χ1n) is 4.42. The van der Waals surface area contributed by atoms with Crippen LogP contribution in [0.15, 0.2) is 18.3 Å². The molecule has 1 heterocycles.